The van der Waals surface area contributed by atoms with Gasteiger partial charge in [-0.1, -0.05) is 29.3 Å². The van der Waals surface area contributed by atoms with E-state index in [1.807, 2.05) is 0 Å². The van der Waals surface area contributed by atoms with Crippen LogP contribution in [0.2, 0.25) is 10.0 Å². The zero-order valence-corrected chi connectivity index (χ0v) is 12.6. The van der Waals surface area contributed by atoms with Gasteiger partial charge in [-0.25, -0.2) is 8.78 Å². The van der Waals surface area contributed by atoms with Crippen molar-refractivity contribution in [3.8, 4) is 22.4 Å². The van der Waals surface area contributed by atoms with E-state index >= 15 is 0 Å². The van der Waals surface area contributed by atoms with Gasteiger partial charge in [-0.15, -0.1) is 0 Å². The molecule has 0 fully saturated rings. The Morgan fingerprint density at radius 2 is 1.64 bits per heavy atom. The lowest BCUT2D eigenvalue weighted by atomic mass is 10.0. The van der Waals surface area contributed by atoms with E-state index in [-0.39, 0.29) is 0 Å². The topological polar surface area (TPSA) is 12.9 Å². The number of aromatic nitrogens is 1. The van der Waals surface area contributed by atoms with Crippen molar-refractivity contribution in [2.24, 2.45) is 0 Å². The summed E-state index contributed by atoms with van der Waals surface area (Å²) in [4.78, 5) is 4.11. The minimum atomic E-state index is -0.667. The number of nitrogens with zero attached hydrogens (tertiary/aromatic N) is 1. The Labute approximate surface area is 136 Å². The van der Waals surface area contributed by atoms with Gasteiger partial charge in [0.25, 0.3) is 0 Å². The smallest absolute Gasteiger partial charge is 0.126 e. The van der Waals surface area contributed by atoms with Gasteiger partial charge in [0, 0.05) is 39.5 Å². The van der Waals surface area contributed by atoms with Crippen LogP contribution in [0.4, 0.5) is 8.78 Å². The number of hydrogen-bond acceptors (Lipinski definition) is 1. The van der Waals surface area contributed by atoms with E-state index in [0.29, 0.717) is 32.4 Å². The second-order valence-corrected chi connectivity index (χ2v) is 5.46. The average Bonchev–Trinajstić information content (AvgIpc) is 2.46. The molecule has 109 valence electrons. The molecule has 1 aromatic heterocycles. The van der Waals surface area contributed by atoms with Gasteiger partial charge in [-0.2, -0.15) is 0 Å². The fourth-order valence-corrected chi connectivity index (χ4v) is 2.60. The highest BCUT2D eigenvalue weighted by Gasteiger charge is 2.09. The van der Waals surface area contributed by atoms with E-state index in [9.17, 15) is 8.78 Å². The van der Waals surface area contributed by atoms with Crippen LogP contribution in [0.3, 0.4) is 0 Å². The molecule has 0 atom stereocenters. The summed E-state index contributed by atoms with van der Waals surface area (Å²) in [6, 6.07) is 13.0. The van der Waals surface area contributed by atoms with Crippen LogP contribution in [-0.2, 0) is 0 Å². The summed E-state index contributed by atoms with van der Waals surface area (Å²) in [5.41, 5.74) is 2.02. The van der Waals surface area contributed by atoms with Gasteiger partial charge in [0.2, 0.25) is 0 Å². The molecular weight excluding hydrogens is 327 g/mol. The molecule has 0 saturated heterocycles. The first-order chi connectivity index (χ1) is 10.5. The molecule has 0 amide bonds. The van der Waals surface area contributed by atoms with Crippen LogP contribution in [-0.4, -0.2) is 4.98 Å². The first-order valence-electron chi connectivity index (χ1n) is 6.33. The van der Waals surface area contributed by atoms with Gasteiger partial charge in [-0.05, 0) is 35.9 Å². The van der Waals surface area contributed by atoms with Crippen LogP contribution in [0.25, 0.3) is 22.4 Å². The quantitative estimate of drug-likeness (QED) is 0.577. The fraction of sp³-hybridized carbons (Fsp3) is 0. The van der Waals surface area contributed by atoms with Gasteiger partial charge in [0.1, 0.15) is 11.6 Å². The molecule has 5 heteroatoms. The molecule has 3 rings (SSSR count). The molecule has 0 aliphatic heterocycles. The van der Waals surface area contributed by atoms with Gasteiger partial charge in [-0.3, -0.25) is 4.98 Å². The van der Waals surface area contributed by atoms with E-state index in [1.54, 1.807) is 24.3 Å². The highest BCUT2D eigenvalue weighted by atomic mass is 35.5. The molecule has 0 N–H and O–H groups in total. The third kappa shape index (κ3) is 3.11. The predicted molar refractivity (Wildman–Crippen MR) is 83.9 cm³/mol. The zero-order chi connectivity index (χ0) is 15.7. The fourth-order valence-electron chi connectivity index (χ4n) is 2.09. The average molecular weight is 335 g/mol. The minimum Gasteiger partial charge on any atom is -0.256 e. The Morgan fingerprint density at radius 3 is 2.32 bits per heavy atom. The normalized spacial score (nSPS) is 10.7. The maximum Gasteiger partial charge on any atom is 0.126 e. The SMILES string of the molecule is Fc1cc(F)cc(-c2[c]c(-c3ccc(Cl)cc3Cl)ccn2)c1. The summed E-state index contributed by atoms with van der Waals surface area (Å²) in [5, 5.41) is 0.988. The van der Waals surface area contributed by atoms with E-state index in [0.717, 1.165) is 6.07 Å². The van der Waals surface area contributed by atoms with Gasteiger partial charge in [0.15, 0.2) is 0 Å². The Morgan fingerprint density at radius 1 is 0.909 bits per heavy atom. The van der Waals surface area contributed by atoms with Crippen molar-refractivity contribution in [3.63, 3.8) is 0 Å². The number of rotatable bonds is 2. The molecule has 1 nitrogen and oxygen atoms in total. The molecule has 22 heavy (non-hydrogen) atoms. The Hall–Kier alpha value is -1.97. The van der Waals surface area contributed by atoms with E-state index < -0.39 is 11.6 Å². The van der Waals surface area contributed by atoms with Crippen molar-refractivity contribution in [1.82, 2.24) is 4.98 Å². The van der Waals surface area contributed by atoms with Crippen LogP contribution in [0.5, 0.6) is 0 Å². The van der Waals surface area contributed by atoms with Crippen LogP contribution in [0.15, 0.2) is 48.7 Å². The largest absolute Gasteiger partial charge is 0.256 e. The summed E-state index contributed by atoms with van der Waals surface area (Å²) in [7, 11) is 0. The molecule has 2 aromatic carbocycles. The molecule has 0 bridgehead atoms. The summed E-state index contributed by atoms with van der Waals surface area (Å²) >= 11 is 12.0. The number of halogens is 4. The van der Waals surface area contributed by atoms with Crippen molar-refractivity contribution in [3.05, 3.63) is 76.4 Å². The highest BCUT2D eigenvalue weighted by Crippen LogP contribution is 2.31. The van der Waals surface area contributed by atoms with E-state index in [2.05, 4.69) is 11.1 Å². The lowest BCUT2D eigenvalue weighted by Crippen LogP contribution is -1.89. The Bertz CT molecular complexity index is 830. The third-order valence-electron chi connectivity index (χ3n) is 3.06. The number of pyridine rings is 1. The number of hydrogen-bond donors (Lipinski definition) is 0. The summed E-state index contributed by atoms with van der Waals surface area (Å²) in [6.45, 7) is 0. The molecule has 1 heterocycles. The molecule has 0 aliphatic carbocycles. The Balaban J connectivity index is 2.09. The predicted octanol–water partition coefficient (Wildman–Crippen LogP) is 5.80. The van der Waals surface area contributed by atoms with Crippen molar-refractivity contribution in [2.45, 2.75) is 0 Å². The maximum absolute atomic E-state index is 13.3. The molecule has 0 spiro atoms. The number of benzene rings is 2. The lowest BCUT2D eigenvalue weighted by molar-refractivity contribution is 0.584. The third-order valence-corrected chi connectivity index (χ3v) is 3.60. The maximum atomic E-state index is 13.3. The molecule has 0 aliphatic rings. The van der Waals surface area contributed by atoms with Crippen LogP contribution in [0.1, 0.15) is 0 Å². The summed E-state index contributed by atoms with van der Waals surface area (Å²) in [6.07, 6.45) is 1.54. The molecule has 3 aromatic rings. The minimum absolute atomic E-state index is 0.310. The van der Waals surface area contributed by atoms with E-state index in [1.165, 1.54) is 18.3 Å². The van der Waals surface area contributed by atoms with Crippen LogP contribution in [0, 0.1) is 17.7 Å². The first-order valence-corrected chi connectivity index (χ1v) is 7.09. The van der Waals surface area contributed by atoms with Crippen molar-refractivity contribution < 1.29 is 8.78 Å². The van der Waals surface area contributed by atoms with Crippen LogP contribution < -0.4 is 0 Å². The standard InChI is InChI=1S/C17H8Cl2F2N/c18-12-1-2-15(16(19)8-12)10-3-4-22-17(7-10)11-5-13(20)9-14(21)6-11/h1-6,8-9H. The van der Waals surface area contributed by atoms with Crippen molar-refractivity contribution >= 4 is 23.2 Å². The molecule has 0 unspecified atom stereocenters. The first kappa shape index (κ1) is 14.9. The monoisotopic (exact) mass is 334 g/mol. The van der Waals surface area contributed by atoms with E-state index in [4.69, 9.17) is 23.2 Å². The van der Waals surface area contributed by atoms with Crippen LogP contribution >= 0.6 is 23.2 Å². The highest BCUT2D eigenvalue weighted by molar-refractivity contribution is 6.36. The molecule has 0 saturated carbocycles. The molecular formula is C17H8Cl2F2N. The van der Waals surface area contributed by atoms with Gasteiger partial charge >= 0.3 is 0 Å². The van der Waals surface area contributed by atoms with Crippen molar-refractivity contribution in [1.29, 1.82) is 0 Å². The Kier molecular flexibility index (Phi) is 4.10. The zero-order valence-electron chi connectivity index (χ0n) is 11.1. The summed E-state index contributed by atoms with van der Waals surface area (Å²) in [5.74, 6) is -1.33. The molecule has 1 radical (unpaired) electrons. The van der Waals surface area contributed by atoms with Gasteiger partial charge < -0.3 is 0 Å². The second kappa shape index (κ2) is 6.03. The second-order valence-electron chi connectivity index (χ2n) is 4.61. The summed E-state index contributed by atoms with van der Waals surface area (Å²) < 4.78 is 26.7. The lowest BCUT2D eigenvalue weighted by Gasteiger charge is -2.07. The van der Waals surface area contributed by atoms with Gasteiger partial charge in [0.05, 0.1) is 5.69 Å². The van der Waals surface area contributed by atoms with Crippen molar-refractivity contribution in [2.75, 3.05) is 0 Å².